The molecule has 6 nitrogen and oxygen atoms in total. The fraction of sp³-hybridized carbons (Fsp3) is 0.107. The van der Waals surface area contributed by atoms with Crippen LogP contribution in [-0.2, 0) is 21.4 Å². The van der Waals surface area contributed by atoms with Crippen LogP contribution in [0.3, 0.4) is 0 Å². The highest BCUT2D eigenvalue weighted by Gasteiger charge is 2.24. The smallest absolute Gasteiger partial charge is 0.355 e. The second kappa shape index (κ2) is 10.0. The van der Waals surface area contributed by atoms with E-state index in [1.807, 2.05) is 84.4 Å². The number of nitrogens with zero attached hydrogens (tertiary/aromatic N) is 1. The lowest BCUT2D eigenvalue weighted by Crippen LogP contribution is -2.27. The van der Waals surface area contributed by atoms with Crippen LogP contribution in [0.2, 0.25) is 0 Å². The van der Waals surface area contributed by atoms with E-state index in [9.17, 15) is 14.4 Å². The van der Waals surface area contributed by atoms with Crippen LogP contribution in [0.25, 0.3) is 28.2 Å². The van der Waals surface area contributed by atoms with E-state index < -0.39 is 18.5 Å². The molecule has 4 aromatic rings. The Balaban J connectivity index is 1.64. The predicted octanol–water partition coefficient (Wildman–Crippen LogP) is 4.75. The molecule has 0 saturated carbocycles. The first-order valence-corrected chi connectivity index (χ1v) is 10.8. The van der Waals surface area contributed by atoms with E-state index in [1.54, 1.807) is 12.1 Å². The molecule has 0 atom stereocenters. The van der Waals surface area contributed by atoms with Gasteiger partial charge in [0.25, 0.3) is 0 Å². The van der Waals surface area contributed by atoms with Crippen molar-refractivity contribution in [2.24, 2.45) is 7.05 Å². The van der Waals surface area contributed by atoms with Crippen molar-refractivity contribution in [2.45, 2.75) is 6.92 Å². The number of amides is 1. The van der Waals surface area contributed by atoms with Crippen LogP contribution < -0.4 is 5.32 Å². The molecule has 6 heteroatoms. The first-order chi connectivity index (χ1) is 16.5. The summed E-state index contributed by atoms with van der Waals surface area (Å²) in [6, 6.07) is 26.3. The second-order valence-corrected chi connectivity index (χ2v) is 7.81. The standard InChI is InChI=1S/C28H24N2O4/c1-19(31)29-23(17-20-11-5-3-6-12-20)28(33)34-18-25(32)26-22-15-9-10-16-24(22)30(2)27(26)21-13-7-4-8-14-21/h3-17H,18H2,1-2H3,(H,29,31)/b23-17-. The Morgan fingerprint density at radius 1 is 0.882 bits per heavy atom. The normalized spacial score (nSPS) is 11.3. The molecule has 170 valence electrons. The summed E-state index contributed by atoms with van der Waals surface area (Å²) < 4.78 is 7.33. The molecule has 0 unspecified atom stereocenters. The molecule has 0 bridgehead atoms. The van der Waals surface area contributed by atoms with Crippen LogP contribution in [0.1, 0.15) is 22.8 Å². The van der Waals surface area contributed by atoms with Crippen molar-refractivity contribution in [1.82, 2.24) is 9.88 Å². The molecule has 1 amide bonds. The Morgan fingerprint density at radius 3 is 2.18 bits per heavy atom. The monoisotopic (exact) mass is 452 g/mol. The zero-order valence-electron chi connectivity index (χ0n) is 18.9. The van der Waals surface area contributed by atoms with E-state index in [2.05, 4.69) is 5.32 Å². The molecule has 0 radical (unpaired) electrons. The zero-order valence-corrected chi connectivity index (χ0v) is 18.9. The number of Topliss-reactive ketones (excluding diaryl/α,β-unsaturated/α-hetero) is 1. The number of aryl methyl sites for hydroxylation is 1. The van der Waals surface area contributed by atoms with Crippen molar-refractivity contribution in [3.05, 3.63) is 102 Å². The molecule has 34 heavy (non-hydrogen) atoms. The van der Waals surface area contributed by atoms with Gasteiger partial charge in [0.15, 0.2) is 6.61 Å². The molecule has 0 fully saturated rings. The number of carbonyl (C=O) groups is 3. The van der Waals surface area contributed by atoms with Crippen LogP contribution in [0, 0.1) is 0 Å². The molecule has 1 heterocycles. The number of benzene rings is 3. The highest BCUT2D eigenvalue weighted by molar-refractivity contribution is 6.14. The lowest BCUT2D eigenvalue weighted by atomic mass is 10.0. The summed E-state index contributed by atoms with van der Waals surface area (Å²) in [6.45, 7) is 0.845. The third-order valence-electron chi connectivity index (χ3n) is 5.41. The zero-order chi connectivity index (χ0) is 24.1. The number of carbonyl (C=O) groups excluding carboxylic acids is 3. The number of fused-ring (bicyclic) bond motifs is 1. The van der Waals surface area contributed by atoms with E-state index in [0.717, 1.165) is 27.7 Å². The molecule has 1 N–H and O–H groups in total. The number of nitrogens with one attached hydrogen (secondary N) is 1. The highest BCUT2D eigenvalue weighted by atomic mass is 16.5. The average Bonchev–Trinajstić information content (AvgIpc) is 3.15. The molecule has 3 aromatic carbocycles. The maximum atomic E-state index is 13.4. The van der Waals surface area contributed by atoms with Crippen LogP contribution in [0.5, 0.6) is 0 Å². The van der Waals surface area contributed by atoms with E-state index in [-0.39, 0.29) is 11.5 Å². The van der Waals surface area contributed by atoms with Gasteiger partial charge in [-0.1, -0.05) is 78.9 Å². The first kappa shape index (κ1) is 22.7. The molecular weight excluding hydrogens is 428 g/mol. The van der Waals surface area contributed by atoms with Gasteiger partial charge in [-0.25, -0.2) is 4.79 Å². The minimum atomic E-state index is -0.783. The molecule has 0 saturated heterocycles. The number of para-hydroxylation sites is 1. The summed E-state index contributed by atoms with van der Waals surface area (Å²) in [7, 11) is 1.91. The topological polar surface area (TPSA) is 77.4 Å². The Labute approximate surface area is 197 Å². The van der Waals surface area contributed by atoms with Crippen molar-refractivity contribution in [2.75, 3.05) is 6.61 Å². The molecule has 0 aliphatic heterocycles. The number of rotatable bonds is 7. The lowest BCUT2D eigenvalue weighted by molar-refractivity contribution is -0.139. The molecule has 0 aliphatic carbocycles. The molecule has 0 spiro atoms. The number of aromatic nitrogens is 1. The quantitative estimate of drug-likeness (QED) is 0.249. The minimum Gasteiger partial charge on any atom is -0.453 e. The molecule has 4 rings (SSSR count). The largest absolute Gasteiger partial charge is 0.453 e. The molecule has 0 aliphatic rings. The average molecular weight is 453 g/mol. The lowest BCUT2D eigenvalue weighted by Gasteiger charge is -2.10. The van der Waals surface area contributed by atoms with E-state index >= 15 is 0 Å². The summed E-state index contributed by atoms with van der Waals surface area (Å²) in [4.78, 5) is 37.8. The van der Waals surface area contributed by atoms with E-state index in [1.165, 1.54) is 13.0 Å². The molecular formula is C28H24N2O4. The van der Waals surface area contributed by atoms with Gasteiger partial charge in [0.05, 0.1) is 11.3 Å². The summed E-state index contributed by atoms with van der Waals surface area (Å²) in [6.07, 6.45) is 1.52. The summed E-state index contributed by atoms with van der Waals surface area (Å²) in [5.41, 5.74) is 3.72. The van der Waals surface area contributed by atoms with Crippen molar-refractivity contribution in [3.63, 3.8) is 0 Å². The van der Waals surface area contributed by atoms with Gasteiger partial charge in [0.1, 0.15) is 5.70 Å². The number of hydrogen-bond acceptors (Lipinski definition) is 4. The number of esters is 1. The summed E-state index contributed by atoms with van der Waals surface area (Å²) in [5, 5.41) is 3.28. The van der Waals surface area contributed by atoms with Gasteiger partial charge in [-0.15, -0.1) is 0 Å². The Kier molecular flexibility index (Phi) is 6.69. The maximum Gasteiger partial charge on any atom is 0.355 e. The maximum absolute atomic E-state index is 13.4. The second-order valence-electron chi connectivity index (χ2n) is 7.81. The molecule has 1 aromatic heterocycles. The fourth-order valence-electron chi connectivity index (χ4n) is 3.94. The van der Waals surface area contributed by atoms with E-state index in [4.69, 9.17) is 4.74 Å². The number of ether oxygens (including phenoxy) is 1. The van der Waals surface area contributed by atoms with Crippen molar-refractivity contribution >= 4 is 34.6 Å². The third-order valence-corrected chi connectivity index (χ3v) is 5.41. The van der Waals surface area contributed by atoms with Gasteiger partial charge >= 0.3 is 5.97 Å². The van der Waals surface area contributed by atoms with Crippen LogP contribution in [0.15, 0.2) is 90.6 Å². The number of hydrogen-bond donors (Lipinski definition) is 1. The van der Waals surface area contributed by atoms with Gasteiger partial charge < -0.3 is 14.6 Å². The van der Waals surface area contributed by atoms with Crippen LogP contribution >= 0.6 is 0 Å². The fourth-order valence-corrected chi connectivity index (χ4v) is 3.94. The minimum absolute atomic E-state index is 0.0345. The SMILES string of the molecule is CC(=O)N/C(=C\c1ccccc1)C(=O)OCC(=O)c1c(-c2ccccc2)n(C)c2ccccc12. The van der Waals surface area contributed by atoms with Gasteiger partial charge in [-0.05, 0) is 23.3 Å². The van der Waals surface area contributed by atoms with Crippen molar-refractivity contribution < 1.29 is 19.1 Å². The Hall–Kier alpha value is -4.45. The summed E-state index contributed by atoms with van der Waals surface area (Å²) in [5.74, 6) is -1.52. The van der Waals surface area contributed by atoms with Crippen molar-refractivity contribution in [1.29, 1.82) is 0 Å². The van der Waals surface area contributed by atoms with Gasteiger partial charge in [0.2, 0.25) is 11.7 Å². The van der Waals surface area contributed by atoms with Crippen LogP contribution in [-0.4, -0.2) is 28.8 Å². The predicted molar refractivity (Wildman–Crippen MR) is 132 cm³/mol. The van der Waals surface area contributed by atoms with Gasteiger partial charge in [-0.3, -0.25) is 9.59 Å². The van der Waals surface area contributed by atoms with Crippen molar-refractivity contribution in [3.8, 4) is 11.3 Å². The Morgan fingerprint density at radius 2 is 1.50 bits per heavy atom. The van der Waals surface area contributed by atoms with Gasteiger partial charge in [-0.2, -0.15) is 0 Å². The first-order valence-electron chi connectivity index (χ1n) is 10.8. The Bertz CT molecular complexity index is 1390. The van der Waals surface area contributed by atoms with Crippen LogP contribution in [0.4, 0.5) is 0 Å². The number of ketones is 1. The summed E-state index contributed by atoms with van der Waals surface area (Å²) >= 11 is 0. The van der Waals surface area contributed by atoms with E-state index in [0.29, 0.717) is 5.56 Å². The highest BCUT2D eigenvalue weighted by Crippen LogP contribution is 2.33. The van der Waals surface area contributed by atoms with Gasteiger partial charge in [0, 0.05) is 24.9 Å². The third kappa shape index (κ3) is 4.81.